The van der Waals surface area contributed by atoms with E-state index in [1.807, 2.05) is 0 Å². The van der Waals surface area contributed by atoms with Gasteiger partial charge in [0.25, 0.3) is 0 Å². The number of nitrogens with zero attached hydrogens (tertiary/aromatic N) is 2. The van der Waals surface area contributed by atoms with Gasteiger partial charge in [-0.2, -0.15) is 0 Å². The number of rotatable bonds is 2. The second-order valence-electron chi connectivity index (χ2n) is 6.67. The van der Waals surface area contributed by atoms with Crippen molar-refractivity contribution in [1.82, 2.24) is 9.38 Å². The normalized spacial score (nSPS) is 19.7. The van der Waals surface area contributed by atoms with E-state index in [9.17, 15) is 0 Å². The van der Waals surface area contributed by atoms with Gasteiger partial charge in [-0.25, -0.2) is 4.98 Å². The third-order valence-corrected chi connectivity index (χ3v) is 5.21. The molecule has 1 unspecified atom stereocenters. The average Bonchev–Trinajstić information content (AvgIpc) is 2.78. The van der Waals surface area contributed by atoms with Crippen LogP contribution in [0.4, 0.5) is 0 Å². The molecule has 3 rings (SSSR count). The predicted octanol–water partition coefficient (Wildman–Crippen LogP) is 4.18. The topological polar surface area (TPSA) is 17.3 Å². The van der Waals surface area contributed by atoms with Crippen molar-refractivity contribution in [2.24, 2.45) is 11.3 Å². The zero-order valence-electron chi connectivity index (χ0n) is 12.5. The molecule has 0 radical (unpaired) electrons. The first-order valence-corrected chi connectivity index (χ1v) is 7.48. The number of aryl methyl sites for hydroxylation is 2. The van der Waals surface area contributed by atoms with Crippen molar-refractivity contribution in [3.05, 3.63) is 35.3 Å². The molecule has 0 saturated carbocycles. The van der Waals surface area contributed by atoms with Crippen LogP contribution < -0.4 is 0 Å². The zero-order chi connectivity index (χ0) is 13.6. The zero-order valence-corrected chi connectivity index (χ0v) is 12.5. The minimum absolute atomic E-state index is 0.436. The molecule has 2 heterocycles. The summed E-state index contributed by atoms with van der Waals surface area (Å²) in [5.41, 5.74) is 5.66. The highest BCUT2D eigenvalue weighted by Gasteiger charge is 2.33. The third-order valence-electron chi connectivity index (χ3n) is 5.21. The van der Waals surface area contributed by atoms with Crippen molar-refractivity contribution in [2.45, 2.75) is 53.4 Å². The highest BCUT2D eigenvalue weighted by atomic mass is 15.0. The highest BCUT2D eigenvalue weighted by molar-refractivity contribution is 5.50. The Bertz CT molecular complexity index is 607. The van der Waals surface area contributed by atoms with Crippen LogP contribution in [0.2, 0.25) is 0 Å². The fourth-order valence-electron chi connectivity index (χ4n) is 3.32. The van der Waals surface area contributed by atoms with Crippen LogP contribution in [0.3, 0.4) is 0 Å². The molecule has 0 aromatic carbocycles. The Kier molecular flexibility index (Phi) is 2.92. The van der Waals surface area contributed by atoms with E-state index in [4.69, 9.17) is 4.98 Å². The van der Waals surface area contributed by atoms with Crippen LogP contribution in [0.25, 0.3) is 5.65 Å². The van der Waals surface area contributed by atoms with E-state index < -0.39 is 0 Å². The van der Waals surface area contributed by atoms with Crippen LogP contribution in [-0.2, 0) is 12.8 Å². The standard InChI is InChI=1S/C17H24N2/c1-5-17(3,4)13-8-9-14-15(11-13)19-10-6-7-12(2)16(19)18-14/h6-7,10,13H,5,8-9,11H2,1-4H3. The summed E-state index contributed by atoms with van der Waals surface area (Å²) >= 11 is 0. The largest absolute Gasteiger partial charge is 0.304 e. The Balaban J connectivity index is 2.05. The van der Waals surface area contributed by atoms with Gasteiger partial charge in [-0.1, -0.05) is 33.3 Å². The van der Waals surface area contributed by atoms with Gasteiger partial charge >= 0.3 is 0 Å². The van der Waals surface area contributed by atoms with Crippen LogP contribution in [-0.4, -0.2) is 9.38 Å². The number of fused-ring (bicyclic) bond motifs is 3. The molecule has 2 nitrogen and oxygen atoms in total. The number of pyridine rings is 1. The molecule has 0 fully saturated rings. The fourth-order valence-corrected chi connectivity index (χ4v) is 3.32. The van der Waals surface area contributed by atoms with E-state index in [1.54, 1.807) is 0 Å². The van der Waals surface area contributed by atoms with E-state index in [1.165, 1.54) is 36.2 Å². The summed E-state index contributed by atoms with van der Waals surface area (Å²) in [6, 6.07) is 4.29. The lowest BCUT2D eigenvalue weighted by atomic mass is 9.70. The third kappa shape index (κ3) is 1.98. The molecular weight excluding hydrogens is 232 g/mol. The maximum atomic E-state index is 4.86. The molecule has 1 atom stereocenters. The van der Waals surface area contributed by atoms with E-state index in [0.717, 1.165) is 18.0 Å². The van der Waals surface area contributed by atoms with Crippen LogP contribution >= 0.6 is 0 Å². The maximum Gasteiger partial charge on any atom is 0.140 e. The number of hydrogen-bond donors (Lipinski definition) is 0. The molecule has 1 aliphatic rings. The Morgan fingerprint density at radius 1 is 1.42 bits per heavy atom. The average molecular weight is 256 g/mol. The Morgan fingerprint density at radius 3 is 2.95 bits per heavy atom. The van der Waals surface area contributed by atoms with Crippen LogP contribution in [0.1, 0.15) is 50.6 Å². The summed E-state index contributed by atoms with van der Waals surface area (Å²) in [5, 5.41) is 0. The lowest BCUT2D eigenvalue weighted by molar-refractivity contribution is 0.180. The Hall–Kier alpha value is -1.31. The molecule has 0 saturated heterocycles. The van der Waals surface area contributed by atoms with Gasteiger partial charge in [-0.3, -0.25) is 0 Å². The van der Waals surface area contributed by atoms with E-state index in [0.29, 0.717) is 5.41 Å². The van der Waals surface area contributed by atoms with Gasteiger partial charge in [0.05, 0.1) is 5.69 Å². The number of hydrogen-bond acceptors (Lipinski definition) is 1. The molecule has 0 aliphatic heterocycles. The summed E-state index contributed by atoms with van der Waals surface area (Å²) in [6.07, 6.45) is 7.04. The van der Waals surface area contributed by atoms with Gasteiger partial charge in [-0.15, -0.1) is 0 Å². The molecule has 2 heteroatoms. The van der Waals surface area contributed by atoms with Gasteiger partial charge < -0.3 is 4.40 Å². The van der Waals surface area contributed by atoms with Crippen LogP contribution in [0.15, 0.2) is 18.3 Å². The molecule has 0 N–H and O–H groups in total. The lowest BCUT2D eigenvalue weighted by Gasteiger charge is -2.36. The summed E-state index contributed by atoms with van der Waals surface area (Å²) in [5.74, 6) is 0.783. The summed E-state index contributed by atoms with van der Waals surface area (Å²) < 4.78 is 2.32. The van der Waals surface area contributed by atoms with Crippen molar-refractivity contribution in [3.63, 3.8) is 0 Å². The van der Waals surface area contributed by atoms with Crippen molar-refractivity contribution >= 4 is 5.65 Å². The maximum absolute atomic E-state index is 4.86. The molecule has 2 aromatic rings. The molecule has 102 valence electrons. The summed E-state index contributed by atoms with van der Waals surface area (Å²) in [7, 11) is 0. The van der Waals surface area contributed by atoms with Gasteiger partial charge in [0.2, 0.25) is 0 Å². The Labute approximate surface area is 115 Å². The number of imidazole rings is 1. The van der Waals surface area contributed by atoms with Gasteiger partial charge in [-0.05, 0) is 49.1 Å². The second kappa shape index (κ2) is 4.36. The minimum atomic E-state index is 0.436. The van der Waals surface area contributed by atoms with Crippen molar-refractivity contribution in [1.29, 1.82) is 0 Å². The van der Waals surface area contributed by atoms with Crippen molar-refractivity contribution < 1.29 is 0 Å². The van der Waals surface area contributed by atoms with Gasteiger partial charge in [0.15, 0.2) is 0 Å². The SMILES string of the molecule is CCC(C)(C)C1CCc2nc3c(C)cccn3c2C1. The molecule has 0 spiro atoms. The van der Waals surface area contributed by atoms with Crippen molar-refractivity contribution in [3.8, 4) is 0 Å². The highest BCUT2D eigenvalue weighted by Crippen LogP contribution is 2.39. The predicted molar refractivity (Wildman–Crippen MR) is 79.5 cm³/mol. The second-order valence-corrected chi connectivity index (χ2v) is 6.67. The fraction of sp³-hybridized carbons (Fsp3) is 0.588. The summed E-state index contributed by atoms with van der Waals surface area (Å²) in [6.45, 7) is 9.30. The van der Waals surface area contributed by atoms with Gasteiger partial charge in [0, 0.05) is 11.9 Å². The molecule has 0 amide bonds. The first-order chi connectivity index (χ1) is 9.03. The Morgan fingerprint density at radius 2 is 2.21 bits per heavy atom. The quantitative estimate of drug-likeness (QED) is 0.787. The molecule has 0 bridgehead atoms. The first-order valence-electron chi connectivity index (χ1n) is 7.48. The van der Waals surface area contributed by atoms with Gasteiger partial charge in [0.1, 0.15) is 5.65 Å². The number of aromatic nitrogens is 2. The van der Waals surface area contributed by atoms with Crippen LogP contribution in [0.5, 0.6) is 0 Å². The molecular formula is C17H24N2. The van der Waals surface area contributed by atoms with Crippen LogP contribution in [0, 0.1) is 18.3 Å². The lowest BCUT2D eigenvalue weighted by Crippen LogP contribution is -2.29. The monoisotopic (exact) mass is 256 g/mol. The molecule has 2 aromatic heterocycles. The van der Waals surface area contributed by atoms with E-state index in [-0.39, 0.29) is 0 Å². The first kappa shape index (κ1) is 12.7. The molecule has 19 heavy (non-hydrogen) atoms. The molecule has 1 aliphatic carbocycles. The minimum Gasteiger partial charge on any atom is -0.304 e. The van der Waals surface area contributed by atoms with E-state index in [2.05, 4.69) is 50.4 Å². The van der Waals surface area contributed by atoms with Crippen molar-refractivity contribution in [2.75, 3.05) is 0 Å². The smallest absolute Gasteiger partial charge is 0.140 e. The van der Waals surface area contributed by atoms with E-state index >= 15 is 0 Å². The summed E-state index contributed by atoms with van der Waals surface area (Å²) in [4.78, 5) is 4.86.